The SMILES string of the molecule is CSc1cccc(NCC2(C(=O)O)CCC2)c1C#N. The van der Waals surface area contributed by atoms with E-state index in [1.165, 1.54) is 11.8 Å². The molecule has 4 nitrogen and oxygen atoms in total. The molecule has 1 aliphatic rings. The fourth-order valence-electron chi connectivity index (χ4n) is 2.30. The highest BCUT2D eigenvalue weighted by Gasteiger charge is 2.44. The zero-order valence-electron chi connectivity index (χ0n) is 10.8. The number of thioether (sulfide) groups is 1. The van der Waals surface area contributed by atoms with Gasteiger partial charge in [-0.2, -0.15) is 5.26 Å². The second-order valence-corrected chi connectivity index (χ2v) is 5.64. The van der Waals surface area contributed by atoms with Gasteiger partial charge in [0.2, 0.25) is 0 Å². The fraction of sp³-hybridized carbons (Fsp3) is 0.429. The van der Waals surface area contributed by atoms with Crippen molar-refractivity contribution >= 4 is 23.4 Å². The molecule has 1 fully saturated rings. The molecule has 0 radical (unpaired) electrons. The third kappa shape index (κ3) is 2.54. The Balaban J connectivity index is 2.16. The summed E-state index contributed by atoms with van der Waals surface area (Å²) in [6.07, 6.45) is 4.30. The molecule has 0 bridgehead atoms. The normalized spacial score (nSPS) is 16.2. The summed E-state index contributed by atoms with van der Waals surface area (Å²) >= 11 is 1.51. The highest BCUT2D eigenvalue weighted by molar-refractivity contribution is 7.98. The molecule has 0 aliphatic heterocycles. The van der Waals surface area contributed by atoms with Crippen LogP contribution >= 0.6 is 11.8 Å². The lowest BCUT2D eigenvalue weighted by Gasteiger charge is -2.38. The Labute approximate surface area is 116 Å². The van der Waals surface area contributed by atoms with E-state index in [0.717, 1.165) is 17.0 Å². The van der Waals surface area contributed by atoms with Crippen LogP contribution in [0, 0.1) is 16.7 Å². The second-order valence-electron chi connectivity index (χ2n) is 4.79. The Kier molecular flexibility index (Phi) is 4.01. The Morgan fingerprint density at radius 1 is 1.58 bits per heavy atom. The average Bonchev–Trinajstić information content (AvgIpc) is 2.36. The molecule has 0 aromatic heterocycles. The maximum Gasteiger partial charge on any atom is 0.311 e. The Morgan fingerprint density at radius 2 is 2.32 bits per heavy atom. The van der Waals surface area contributed by atoms with Crippen molar-refractivity contribution in [3.63, 3.8) is 0 Å². The van der Waals surface area contributed by atoms with E-state index in [0.29, 0.717) is 24.9 Å². The molecule has 19 heavy (non-hydrogen) atoms. The molecule has 100 valence electrons. The summed E-state index contributed by atoms with van der Waals surface area (Å²) in [7, 11) is 0. The molecule has 0 heterocycles. The lowest BCUT2D eigenvalue weighted by atomic mass is 9.69. The van der Waals surface area contributed by atoms with Gasteiger partial charge in [0.15, 0.2) is 0 Å². The molecule has 1 saturated carbocycles. The highest BCUT2D eigenvalue weighted by Crippen LogP contribution is 2.41. The van der Waals surface area contributed by atoms with Gasteiger partial charge in [0.25, 0.3) is 0 Å². The van der Waals surface area contributed by atoms with Crippen LogP contribution in [-0.4, -0.2) is 23.9 Å². The first-order valence-electron chi connectivity index (χ1n) is 6.17. The van der Waals surface area contributed by atoms with E-state index in [4.69, 9.17) is 0 Å². The summed E-state index contributed by atoms with van der Waals surface area (Å²) in [5, 5.41) is 21.6. The van der Waals surface area contributed by atoms with Crippen molar-refractivity contribution in [3.05, 3.63) is 23.8 Å². The molecule has 0 atom stereocenters. The van der Waals surface area contributed by atoms with Crippen molar-refractivity contribution in [1.29, 1.82) is 5.26 Å². The second kappa shape index (κ2) is 5.54. The van der Waals surface area contributed by atoms with Crippen LogP contribution < -0.4 is 5.32 Å². The number of nitrogens with zero attached hydrogens (tertiary/aromatic N) is 1. The number of nitrogens with one attached hydrogen (secondary N) is 1. The van der Waals surface area contributed by atoms with Crippen molar-refractivity contribution < 1.29 is 9.90 Å². The van der Waals surface area contributed by atoms with Gasteiger partial charge < -0.3 is 10.4 Å². The first-order chi connectivity index (χ1) is 9.13. The zero-order valence-corrected chi connectivity index (χ0v) is 11.6. The van der Waals surface area contributed by atoms with Gasteiger partial charge in [-0.3, -0.25) is 4.79 Å². The van der Waals surface area contributed by atoms with Gasteiger partial charge in [-0.1, -0.05) is 12.5 Å². The first kappa shape index (κ1) is 13.8. The molecule has 0 amide bonds. The maximum atomic E-state index is 11.3. The molecular formula is C14H16N2O2S. The van der Waals surface area contributed by atoms with Gasteiger partial charge in [-0.25, -0.2) is 0 Å². The number of benzene rings is 1. The standard InChI is InChI=1S/C14H16N2O2S/c1-19-12-5-2-4-11(10(12)8-15)16-9-14(13(17)18)6-3-7-14/h2,4-5,16H,3,6-7,9H2,1H3,(H,17,18). The molecular weight excluding hydrogens is 260 g/mol. The number of nitriles is 1. The number of hydrogen-bond donors (Lipinski definition) is 2. The number of anilines is 1. The van der Waals surface area contributed by atoms with Crippen LogP contribution in [0.1, 0.15) is 24.8 Å². The van der Waals surface area contributed by atoms with E-state index in [1.54, 1.807) is 0 Å². The van der Waals surface area contributed by atoms with Crippen molar-refractivity contribution in [2.45, 2.75) is 24.2 Å². The van der Waals surface area contributed by atoms with Crippen LogP contribution in [0.5, 0.6) is 0 Å². The molecule has 1 aliphatic carbocycles. The Morgan fingerprint density at radius 3 is 2.79 bits per heavy atom. The number of aliphatic carboxylic acids is 1. The quantitative estimate of drug-likeness (QED) is 0.809. The predicted octanol–water partition coefficient (Wildman–Crippen LogP) is 2.95. The number of carboxylic acids is 1. The third-order valence-corrected chi connectivity index (χ3v) is 4.52. The van der Waals surface area contributed by atoms with E-state index in [1.807, 2.05) is 24.5 Å². The van der Waals surface area contributed by atoms with E-state index < -0.39 is 11.4 Å². The summed E-state index contributed by atoms with van der Waals surface area (Å²) in [6.45, 7) is 0.384. The zero-order chi connectivity index (χ0) is 13.9. The summed E-state index contributed by atoms with van der Waals surface area (Å²) in [5.74, 6) is -0.745. The van der Waals surface area contributed by atoms with Crippen LogP contribution in [0.15, 0.2) is 23.1 Å². The minimum atomic E-state index is -0.745. The molecule has 1 aromatic carbocycles. The van der Waals surface area contributed by atoms with Crippen LogP contribution in [-0.2, 0) is 4.79 Å². The molecule has 0 saturated heterocycles. The Bertz CT molecular complexity index is 533. The minimum Gasteiger partial charge on any atom is -0.481 e. The van der Waals surface area contributed by atoms with Gasteiger partial charge in [0.05, 0.1) is 16.7 Å². The maximum absolute atomic E-state index is 11.3. The largest absolute Gasteiger partial charge is 0.481 e. The van der Waals surface area contributed by atoms with Crippen molar-refractivity contribution in [1.82, 2.24) is 0 Å². The molecule has 2 N–H and O–H groups in total. The summed E-state index contributed by atoms with van der Waals surface area (Å²) in [4.78, 5) is 12.2. The first-order valence-corrected chi connectivity index (χ1v) is 7.40. The van der Waals surface area contributed by atoms with Crippen LogP contribution in [0.2, 0.25) is 0 Å². The van der Waals surface area contributed by atoms with Gasteiger partial charge in [0, 0.05) is 11.4 Å². The topological polar surface area (TPSA) is 73.1 Å². The van der Waals surface area contributed by atoms with Crippen molar-refractivity contribution in [2.75, 3.05) is 18.1 Å². The lowest BCUT2D eigenvalue weighted by Crippen LogP contribution is -2.43. The van der Waals surface area contributed by atoms with Crippen LogP contribution in [0.25, 0.3) is 0 Å². The van der Waals surface area contributed by atoms with Crippen LogP contribution in [0.3, 0.4) is 0 Å². The van der Waals surface area contributed by atoms with Crippen molar-refractivity contribution in [2.24, 2.45) is 5.41 Å². The fourth-order valence-corrected chi connectivity index (χ4v) is 2.87. The molecule has 0 unspecified atom stereocenters. The third-order valence-electron chi connectivity index (χ3n) is 3.74. The average molecular weight is 276 g/mol. The van der Waals surface area contributed by atoms with E-state index in [-0.39, 0.29) is 0 Å². The smallest absolute Gasteiger partial charge is 0.311 e. The van der Waals surface area contributed by atoms with Gasteiger partial charge in [0.1, 0.15) is 6.07 Å². The highest BCUT2D eigenvalue weighted by atomic mass is 32.2. The number of rotatable bonds is 5. The predicted molar refractivity (Wildman–Crippen MR) is 75.3 cm³/mol. The monoisotopic (exact) mass is 276 g/mol. The van der Waals surface area contributed by atoms with E-state index >= 15 is 0 Å². The summed E-state index contributed by atoms with van der Waals surface area (Å²) in [5.41, 5.74) is 0.666. The molecule has 0 spiro atoms. The Hall–Kier alpha value is -1.67. The van der Waals surface area contributed by atoms with Crippen LogP contribution in [0.4, 0.5) is 5.69 Å². The molecule has 1 aromatic rings. The minimum absolute atomic E-state index is 0.384. The lowest BCUT2D eigenvalue weighted by molar-refractivity contribution is -0.153. The van der Waals surface area contributed by atoms with E-state index in [9.17, 15) is 15.2 Å². The number of carboxylic acid groups (broad SMARTS) is 1. The summed E-state index contributed by atoms with van der Waals surface area (Å²) in [6, 6.07) is 7.78. The van der Waals surface area contributed by atoms with E-state index in [2.05, 4.69) is 11.4 Å². The molecule has 2 rings (SSSR count). The van der Waals surface area contributed by atoms with Gasteiger partial charge in [-0.15, -0.1) is 11.8 Å². The van der Waals surface area contributed by atoms with Gasteiger partial charge >= 0.3 is 5.97 Å². The summed E-state index contributed by atoms with van der Waals surface area (Å²) < 4.78 is 0. The number of hydrogen-bond acceptors (Lipinski definition) is 4. The number of carbonyl (C=O) groups is 1. The molecule has 5 heteroatoms. The van der Waals surface area contributed by atoms with Gasteiger partial charge in [-0.05, 0) is 31.2 Å². The van der Waals surface area contributed by atoms with Crippen molar-refractivity contribution in [3.8, 4) is 6.07 Å².